The summed E-state index contributed by atoms with van der Waals surface area (Å²) in [6.45, 7) is 5.90. The van der Waals surface area contributed by atoms with Gasteiger partial charge in [0, 0.05) is 5.02 Å². The monoisotopic (exact) mass is 255 g/mol. The van der Waals surface area contributed by atoms with Gasteiger partial charge < -0.3 is 10.5 Å². The maximum Gasteiger partial charge on any atom is 0.323 e. The molecule has 0 spiro atoms. The van der Waals surface area contributed by atoms with Crippen LogP contribution in [0.1, 0.15) is 26.3 Å². The molecule has 0 aliphatic rings. The van der Waals surface area contributed by atoms with Crippen molar-refractivity contribution >= 4 is 17.6 Å². The highest BCUT2D eigenvalue weighted by atomic mass is 35.5. The molecule has 1 aromatic rings. The van der Waals surface area contributed by atoms with Crippen LogP contribution in [-0.2, 0) is 16.1 Å². The van der Waals surface area contributed by atoms with Gasteiger partial charge in [-0.15, -0.1) is 0 Å². The van der Waals surface area contributed by atoms with Gasteiger partial charge in [-0.25, -0.2) is 0 Å². The summed E-state index contributed by atoms with van der Waals surface area (Å²) < 4.78 is 5.15. The molecule has 2 N–H and O–H groups in total. The lowest BCUT2D eigenvalue weighted by atomic mass is 9.87. The number of hydrogen-bond acceptors (Lipinski definition) is 3. The van der Waals surface area contributed by atoms with Crippen LogP contribution in [0.15, 0.2) is 24.3 Å². The van der Waals surface area contributed by atoms with Crippen molar-refractivity contribution in [2.24, 2.45) is 11.1 Å². The molecule has 0 aliphatic carbocycles. The summed E-state index contributed by atoms with van der Waals surface area (Å²) in [6, 6.07) is 6.57. The van der Waals surface area contributed by atoms with E-state index in [1.807, 2.05) is 32.9 Å². The number of carbonyl (C=O) groups excluding carboxylic acids is 1. The first-order chi connectivity index (χ1) is 7.80. The van der Waals surface area contributed by atoms with Crippen LogP contribution < -0.4 is 5.73 Å². The van der Waals surface area contributed by atoms with Gasteiger partial charge in [0.2, 0.25) is 0 Å². The molecule has 0 saturated heterocycles. The Kier molecular flexibility index (Phi) is 4.54. The van der Waals surface area contributed by atoms with Crippen LogP contribution in [0.4, 0.5) is 0 Å². The van der Waals surface area contributed by atoms with Gasteiger partial charge in [0.15, 0.2) is 0 Å². The smallest absolute Gasteiger partial charge is 0.323 e. The Morgan fingerprint density at radius 3 is 2.65 bits per heavy atom. The number of esters is 1. The topological polar surface area (TPSA) is 52.3 Å². The molecule has 0 heterocycles. The lowest BCUT2D eigenvalue weighted by Crippen LogP contribution is -2.43. The number of hydrogen-bond donors (Lipinski definition) is 1. The molecule has 0 aliphatic heterocycles. The van der Waals surface area contributed by atoms with Gasteiger partial charge in [0.25, 0.3) is 0 Å². The zero-order chi connectivity index (χ0) is 13.1. The third kappa shape index (κ3) is 4.36. The van der Waals surface area contributed by atoms with Crippen molar-refractivity contribution < 1.29 is 9.53 Å². The van der Waals surface area contributed by atoms with E-state index in [2.05, 4.69) is 0 Å². The first-order valence-electron chi connectivity index (χ1n) is 5.47. The van der Waals surface area contributed by atoms with E-state index in [-0.39, 0.29) is 12.0 Å². The zero-order valence-corrected chi connectivity index (χ0v) is 11.1. The van der Waals surface area contributed by atoms with Crippen molar-refractivity contribution in [1.82, 2.24) is 0 Å². The van der Waals surface area contributed by atoms with E-state index in [1.54, 1.807) is 12.1 Å². The molecule has 4 heteroatoms. The minimum atomic E-state index is -0.623. The highest BCUT2D eigenvalue weighted by Gasteiger charge is 2.28. The minimum absolute atomic E-state index is 0.198. The fourth-order valence-electron chi connectivity index (χ4n) is 1.22. The second kappa shape index (κ2) is 5.52. The Hall–Kier alpha value is -1.06. The SMILES string of the molecule is CC(C)(C)[C@H](N)C(=O)OCc1cccc(Cl)c1. The summed E-state index contributed by atoms with van der Waals surface area (Å²) in [4.78, 5) is 11.7. The summed E-state index contributed by atoms with van der Waals surface area (Å²) in [5.41, 5.74) is 6.34. The van der Waals surface area contributed by atoms with Gasteiger partial charge in [-0.3, -0.25) is 4.79 Å². The third-order valence-electron chi connectivity index (χ3n) is 2.46. The average molecular weight is 256 g/mol. The molecule has 3 nitrogen and oxygen atoms in total. The Balaban J connectivity index is 2.54. The van der Waals surface area contributed by atoms with Gasteiger partial charge in [-0.1, -0.05) is 44.5 Å². The molecule has 0 fully saturated rings. The van der Waals surface area contributed by atoms with Crippen molar-refractivity contribution in [3.8, 4) is 0 Å². The standard InChI is InChI=1S/C13H18ClNO2/c1-13(2,3)11(15)12(16)17-8-9-5-4-6-10(14)7-9/h4-7,11H,8,15H2,1-3H3/t11-/m1/s1. The number of nitrogens with two attached hydrogens (primary N) is 1. The first-order valence-corrected chi connectivity index (χ1v) is 5.85. The summed E-state index contributed by atoms with van der Waals surface area (Å²) in [5.74, 6) is -0.391. The molecule has 0 bridgehead atoms. The Morgan fingerprint density at radius 1 is 1.47 bits per heavy atom. The summed E-state index contributed by atoms with van der Waals surface area (Å²) in [6.07, 6.45) is 0. The first kappa shape index (κ1) is 14.0. The van der Waals surface area contributed by atoms with Gasteiger partial charge >= 0.3 is 5.97 Å². The van der Waals surface area contributed by atoms with E-state index < -0.39 is 12.0 Å². The maximum absolute atomic E-state index is 11.7. The summed E-state index contributed by atoms with van der Waals surface area (Å²) in [5, 5.41) is 0.624. The number of carbonyl (C=O) groups is 1. The highest BCUT2D eigenvalue weighted by Crippen LogP contribution is 2.19. The van der Waals surface area contributed by atoms with Crippen LogP contribution in [0.5, 0.6) is 0 Å². The van der Waals surface area contributed by atoms with Crippen LogP contribution in [0, 0.1) is 5.41 Å². The molecule has 1 atom stereocenters. The highest BCUT2D eigenvalue weighted by molar-refractivity contribution is 6.30. The maximum atomic E-state index is 11.7. The molecule has 17 heavy (non-hydrogen) atoms. The number of halogens is 1. The van der Waals surface area contributed by atoms with Crippen LogP contribution in [0.25, 0.3) is 0 Å². The van der Waals surface area contributed by atoms with Crippen LogP contribution in [-0.4, -0.2) is 12.0 Å². The Bertz CT molecular complexity index is 399. The molecule has 0 radical (unpaired) electrons. The molecule has 0 saturated carbocycles. The van der Waals surface area contributed by atoms with Gasteiger partial charge in [0.05, 0.1) is 0 Å². The van der Waals surface area contributed by atoms with E-state index in [4.69, 9.17) is 22.1 Å². The molecule has 0 amide bonds. The summed E-state index contributed by atoms with van der Waals surface area (Å²) in [7, 11) is 0. The van der Waals surface area contributed by atoms with Crippen molar-refractivity contribution in [3.63, 3.8) is 0 Å². The fraction of sp³-hybridized carbons (Fsp3) is 0.462. The fourth-order valence-corrected chi connectivity index (χ4v) is 1.44. The molecule has 1 rings (SSSR count). The summed E-state index contributed by atoms with van der Waals surface area (Å²) >= 11 is 5.83. The predicted molar refractivity (Wildman–Crippen MR) is 68.7 cm³/mol. The molecular weight excluding hydrogens is 238 g/mol. The molecule has 0 unspecified atom stereocenters. The second-order valence-corrected chi connectivity index (χ2v) is 5.52. The predicted octanol–water partition coefficient (Wildman–Crippen LogP) is 2.76. The van der Waals surface area contributed by atoms with Gasteiger partial charge in [-0.05, 0) is 23.1 Å². The van der Waals surface area contributed by atoms with E-state index in [0.29, 0.717) is 5.02 Å². The number of rotatable bonds is 3. The van der Waals surface area contributed by atoms with E-state index in [0.717, 1.165) is 5.56 Å². The number of ether oxygens (including phenoxy) is 1. The van der Waals surface area contributed by atoms with Crippen LogP contribution in [0.3, 0.4) is 0 Å². The van der Waals surface area contributed by atoms with Gasteiger partial charge in [-0.2, -0.15) is 0 Å². The minimum Gasteiger partial charge on any atom is -0.460 e. The second-order valence-electron chi connectivity index (χ2n) is 5.08. The number of benzene rings is 1. The molecular formula is C13H18ClNO2. The van der Waals surface area contributed by atoms with Crippen molar-refractivity contribution in [1.29, 1.82) is 0 Å². The molecule has 1 aromatic carbocycles. The quantitative estimate of drug-likeness (QED) is 0.845. The van der Waals surface area contributed by atoms with E-state index in [9.17, 15) is 4.79 Å². The van der Waals surface area contributed by atoms with Crippen molar-refractivity contribution in [2.45, 2.75) is 33.4 Å². The lowest BCUT2D eigenvalue weighted by molar-refractivity contribution is -0.149. The third-order valence-corrected chi connectivity index (χ3v) is 2.69. The van der Waals surface area contributed by atoms with Crippen molar-refractivity contribution in [3.05, 3.63) is 34.9 Å². The van der Waals surface area contributed by atoms with Crippen LogP contribution >= 0.6 is 11.6 Å². The average Bonchev–Trinajstić information content (AvgIpc) is 2.23. The zero-order valence-electron chi connectivity index (χ0n) is 10.4. The van der Waals surface area contributed by atoms with E-state index in [1.165, 1.54) is 0 Å². The lowest BCUT2D eigenvalue weighted by Gasteiger charge is -2.24. The Labute approximate surface area is 107 Å². The molecule has 0 aromatic heterocycles. The largest absolute Gasteiger partial charge is 0.460 e. The normalized spacial score (nSPS) is 13.2. The van der Waals surface area contributed by atoms with Gasteiger partial charge in [0.1, 0.15) is 12.6 Å². The van der Waals surface area contributed by atoms with Crippen molar-refractivity contribution in [2.75, 3.05) is 0 Å². The Morgan fingerprint density at radius 2 is 2.12 bits per heavy atom. The van der Waals surface area contributed by atoms with Crippen LogP contribution in [0.2, 0.25) is 5.02 Å². The van der Waals surface area contributed by atoms with E-state index >= 15 is 0 Å². The molecule has 94 valence electrons.